The molecule has 3 N–H and O–H groups in total. The van der Waals surface area contributed by atoms with Gasteiger partial charge in [0.15, 0.2) is 0 Å². The number of carbonyl (C=O) groups excluding carboxylic acids is 1. The van der Waals surface area contributed by atoms with Gasteiger partial charge in [-0.1, -0.05) is 0 Å². The van der Waals surface area contributed by atoms with Crippen molar-refractivity contribution < 1.29 is 14.7 Å². The predicted octanol–water partition coefficient (Wildman–Crippen LogP) is 0.460. The molecule has 1 heterocycles. The largest absolute Gasteiger partial charge is 0.481 e. The Morgan fingerprint density at radius 2 is 2.12 bits per heavy atom. The minimum atomic E-state index is -0.928. The van der Waals surface area contributed by atoms with Gasteiger partial charge in [-0.2, -0.15) is 0 Å². The number of aliphatic carboxylic acids is 1. The molecule has 7 heteroatoms. The second-order valence-corrected chi connectivity index (χ2v) is 3.98. The summed E-state index contributed by atoms with van der Waals surface area (Å²) in [4.78, 5) is 25.4. The highest BCUT2D eigenvalue weighted by molar-refractivity contribution is 7.09. The highest BCUT2D eigenvalue weighted by Gasteiger charge is 2.02. The molecule has 1 rings (SSSR count). The Labute approximate surface area is 96.7 Å². The van der Waals surface area contributed by atoms with Gasteiger partial charge in [0, 0.05) is 31.1 Å². The molecule has 2 amide bonds. The molecule has 0 aliphatic rings. The van der Waals surface area contributed by atoms with Gasteiger partial charge in [-0.05, 0) is 0 Å². The normalized spacial score (nSPS) is 9.75. The number of amides is 2. The Kier molecular flexibility index (Phi) is 5.27. The molecule has 0 spiro atoms. The first-order valence-corrected chi connectivity index (χ1v) is 5.68. The fraction of sp³-hybridized carbons (Fsp3) is 0.444. The molecule has 0 saturated carbocycles. The third kappa shape index (κ3) is 5.30. The van der Waals surface area contributed by atoms with E-state index in [1.807, 2.05) is 5.38 Å². The Morgan fingerprint density at radius 1 is 1.38 bits per heavy atom. The average Bonchev–Trinajstić information content (AvgIpc) is 2.70. The maximum absolute atomic E-state index is 11.1. The van der Waals surface area contributed by atoms with Crippen molar-refractivity contribution >= 4 is 23.3 Å². The van der Waals surface area contributed by atoms with Crippen molar-refractivity contribution in [1.82, 2.24) is 15.6 Å². The lowest BCUT2D eigenvalue weighted by molar-refractivity contribution is -0.136. The molecular weight excluding hydrogens is 230 g/mol. The molecule has 0 aromatic carbocycles. The Balaban J connectivity index is 2.04. The van der Waals surface area contributed by atoms with Gasteiger partial charge in [0.1, 0.15) is 0 Å². The molecule has 6 nitrogen and oxygen atoms in total. The third-order valence-corrected chi connectivity index (χ3v) is 2.57. The number of hydrogen-bond acceptors (Lipinski definition) is 4. The van der Waals surface area contributed by atoms with Crippen LogP contribution in [0.1, 0.15) is 11.4 Å². The molecule has 0 aliphatic carbocycles. The van der Waals surface area contributed by atoms with E-state index in [-0.39, 0.29) is 19.0 Å². The summed E-state index contributed by atoms with van der Waals surface area (Å²) in [6.45, 7) is 0.630. The van der Waals surface area contributed by atoms with Crippen LogP contribution in [0.25, 0.3) is 0 Å². The second kappa shape index (κ2) is 6.78. The first kappa shape index (κ1) is 12.4. The summed E-state index contributed by atoms with van der Waals surface area (Å²) >= 11 is 1.54. The molecule has 16 heavy (non-hydrogen) atoms. The Hall–Kier alpha value is -1.63. The zero-order valence-corrected chi connectivity index (χ0v) is 9.42. The van der Waals surface area contributed by atoms with Gasteiger partial charge in [0.05, 0.1) is 11.4 Å². The third-order valence-electron chi connectivity index (χ3n) is 1.73. The van der Waals surface area contributed by atoms with E-state index in [4.69, 9.17) is 5.11 Å². The Morgan fingerprint density at radius 3 is 2.75 bits per heavy atom. The molecule has 0 saturated heterocycles. The minimum Gasteiger partial charge on any atom is -0.481 e. The highest BCUT2D eigenvalue weighted by Crippen LogP contribution is 2.03. The fourth-order valence-electron chi connectivity index (χ4n) is 1.00. The minimum absolute atomic E-state index is 0.0695. The summed E-state index contributed by atoms with van der Waals surface area (Å²) in [5, 5.41) is 16.3. The number of urea groups is 1. The van der Waals surface area contributed by atoms with Crippen molar-refractivity contribution in [3.63, 3.8) is 0 Å². The summed E-state index contributed by atoms with van der Waals surface area (Å²) in [6, 6.07) is -0.349. The maximum Gasteiger partial charge on any atom is 0.314 e. The lowest BCUT2D eigenvalue weighted by Gasteiger charge is -2.05. The van der Waals surface area contributed by atoms with Crippen LogP contribution in [-0.4, -0.2) is 35.2 Å². The van der Waals surface area contributed by atoms with Crippen molar-refractivity contribution in [2.45, 2.75) is 12.8 Å². The van der Waals surface area contributed by atoms with Crippen molar-refractivity contribution in [2.24, 2.45) is 0 Å². The SMILES string of the molecule is O=C(O)CCNC(=O)NCCc1nccs1. The predicted molar refractivity (Wildman–Crippen MR) is 59.5 cm³/mol. The first-order valence-electron chi connectivity index (χ1n) is 4.80. The van der Waals surface area contributed by atoms with Crippen LogP contribution in [0.3, 0.4) is 0 Å². The molecule has 88 valence electrons. The van der Waals surface area contributed by atoms with E-state index in [9.17, 15) is 9.59 Å². The molecule has 0 unspecified atom stereocenters. The Bertz CT molecular complexity index is 340. The lowest BCUT2D eigenvalue weighted by atomic mass is 10.4. The van der Waals surface area contributed by atoms with Crippen LogP contribution in [0.4, 0.5) is 4.79 Å². The number of thiazole rings is 1. The number of aromatic nitrogens is 1. The van der Waals surface area contributed by atoms with Gasteiger partial charge < -0.3 is 15.7 Å². The van der Waals surface area contributed by atoms with Crippen molar-refractivity contribution in [1.29, 1.82) is 0 Å². The van der Waals surface area contributed by atoms with Crippen LogP contribution in [0.15, 0.2) is 11.6 Å². The van der Waals surface area contributed by atoms with E-state index >= 15 is 0 Å². The standard InChI is InChI=1S/C9H13N3O3S/c13-8(14)2-4-12-9(15)11-3-1-7-10-5-6-16-7/h5-6H,1-4H2,(H,13,14)(H2,11,12,15). The number of hydrogen-bond donors (Lipinski definition) is 3. The van der Waals surface area contributed by atoms with Crippen LogP contribution in [-0.2, 0) is 11.2 Å². The molecule has 0 radical (unpaired) electrons. The zero-order valence-electron chi connectivity index (χ0n) is 8.60. The molecule has 1 aromatic heterocycles. The van der Waals surface area contributed by atoms with Gasteiger partial charge in [0.2, 0.25) is 0 Å². The van der Waals surface area contributed by atoms with Gasteiger partial charge in [-0.3, -0.25) is 4.79 Å². The quantitative estimate of drug-likeness (QED) is 0.677. The molecule has 0 atom stereocenters. The van der Waals surface area contributed by atoms with Crippen LogP contribution in [0.2, 0.25) is 0 Å². The summed E-state index contributed by atoms with van der Waals surface area (Å²) in [5.74, 6) is -0.928. The molecule has 0 bridgehead atoms. The first-order chi connectivity index (χ1) is 7.68. The van der Waals surface area contributed by atoms with Crippen LogP contribution >= 0.6 is 11.3 Å². The van der Waals surface area contributed by atoms with Gasteiger partial charge in [0.25, 0.3) is 0 Å². The lowest BCUT2D eigenvalue weighted by Crippen LogP contribution is -2.37. The number of carboxylic acid groups (broad SMARTS) is 1. The number of nitrogens with one attached hydrogen (secondary N) is 2. The van der Waals surface area contributed by atoms with Gasteiger partial charge in [-0.15, -0.1) is 11.3 Å². The monoisotopic (exact) mass is 243 g/mol. The number of carbonyl (C=O) groups is 2. The van der Waals surface area contributed by atoms with E-state index in [1.54, 1.807) is 6.20 Å². The number of nitrogens with zero attached hydrogens (tertiary/aromatic N) is 1. The van der Waals surface area contributed by atoms with Crippen molar-refractivity contribution in [2.75, 3.05) is 13.1 Å². The molecular formula is C9H13N3O3S. The van der Waals surface area contributed by atoms with Crippen LogP contribution in [0.5, 0.6) is 0 Å². The fourth-order valence-corrected chi connectivity index (χ4v) is 1.63. The van der Waals surface area contributed by atoms with Gasteiger partial charge >= 0.3 is 12.0 Å². The van der Waals surface area contributed by atoms with E-state index in [0.29, 0.717) is 13.0 Å². The van der Waals surface area contributed by atoms with Crippen LogP contribution in [0, 0.1) is 0 Å². The smallest absolute Gasteiger partial charge is 0.314 e. The molecule has 0 fully saturated rings. The van der Waals surface area contributed by atoms with Crippen molar-refractivity contribution in [3.8, 4) is 0 Å². The van der Waals surface area contributed by atoms with Crippen molar-refractivity contribution in [3.05, 3.63) is 16.6 Å². The van der Waals surface area contributed by atoms with E-state index < -0.39 is 5.97 Å². The molecule has 1 aromatic rings. The summed E-state index contributed by atoms with van der Waals surface area (Å²) in [5.41, 5.74) is 0. The zero-order chi connectivity index (χ0) is 11.8. The van der Waals surface area contributed by atoms with E-state index in [1.165, 1.54) is 11.3 Å². The summed E-state index contributed by atoms with van der Waals surface area (Å²) in [7, 11) is 0. The van der Waals surface area contributed by atoms with Gasteiger partial charge in [-0.25, -0.2) is 9.78 Å². The topological polar surface area (TPSA) is 91.3 Å². The summed E-state index contributed by atoms with van der Waals surface area (Å²) < 4.78 is 0. The van der Waals surface area contributed by atoms with E-state index in [2.05, 4.69) is 15.6 Å². The highest BCUT2D eigenvalue weighted by atomic mass is 32.1. The number of rotatable bonds is 6. The van der Waals surface area contributed by atoms with E-state index in [0.717, 1.165) is 5.01 Å². The second-order valence-electron chi connectivity index (χ2n) is 3.00. The average molecular weight is 243 g/mol. The summed E-state index contributed by atoms with van der Waals surface area (Å²) in [6.07, 6.45) is 2.33. The van der Waals surface area contributed by atoms with Crippen LogP contribution < -0.4 is 10.6 Å². The number of carboxylic acids is 1. The molecule has 0 aliphatic heterocycles. The maximum atomic E-state index is 11.1.